The summed E-state index contributed by atoms with van der Waals surface area (Å²) in [6, 6.07) is 17.2. The number of aromatic nitrogens is 1. The van der Waals surface area contributed by atoms with Crippen LogP contribution in [0.25, 0.3) is 11.8 Å². The van der Waals surface area contributed by atoms with E-state index >= 15 is 0 Å². The molecule has 7 heteroatoms. The SMILES string of the molecule is Cc1cc(C=C2C(=O)NC(=O)N(c3ccc(Cl)cc3)C2=O)c(C)n1-c1ccccc1. The van der Waals surface area contributed by atoms with Gasteiger partial charge in [0, 0.05) is 22.1 Å². The number of barbiturate groups is 1. The van der Waals surface area contributed by atoms with Crippen molar-refractivity contribution in [1.29, 1.82) is 0 Å². The van der Waals surface area contributed by atoms with Crippen molar-refractivity contribution in [2.45, 2.75) is 13.8 Å². The van der Waals surface area contributed by atoms with Gasteiger partial charge in [0.05, 0.1) is 5.69 Å². The Morgan fingerprint density at radius 3 is 2.23 bits per heavy atom. The summed E-state index contributed by atoms with van der Waals surface area (Å²) >= 11 is 5.90. The fourth-order valence-electron chi connectivity index (χ4n) is 3.55. The van der Waals surface area contributed by atoms with Gasteiger partial charge in [0.15, 0.2) is 0 Å². The fourth-order valence-corrected chi connectivity index (χ4v) is 3.67. The number of nitrogens with zero attached hydrogens (tertiary/aromatic N) is 2. The lowest BCUT2D eigenvalue weighted by Gasteiger charge is -2.26. The fraction of sp³-hybridized carbons (Fsp3) is 0.0870. The van der Waals surface area contributed by atoms with Gasteiger partial charge in [0.25, 0.3) is 11.8 Å². The van der Waals surface area contributed by atoms with Gasteiger partial charge in [-0.15, -0.1) is 0 Å². The number of urea groups is 1. The van der Waals surface area contributed by atoms with E-state index in [1.807, 2.05) is 54.8 Å². The van der Waals surface area contributed by atoms with Crippen molar-refractivity contribution in [3.63, 3.8) is 0 Å². The monoisotopic (exact) mass is 419 g/mol. The smallest absolute Gasteiger partial charge is 0.318 e. The van der Waals surface area contributed by atoms with Crippen LogP contribution >= 0.6 is 11.6 Å². The summed E-state index contributed by atoms with van der Waals surface area (Å²) in [4.78, 5) is 38.7. The third-order valence-corrected chi connectivity index (χ3v) is 5.22. The standard InChI is InChI=1S/C23H18ClN3O3/c1-14-12-16(15(2)26(14)18-6-4-3-5-7-18)13-20-21(28)25-23(30)27(22(20)29)19-10-8-17(24)9-11-19/h3-13H,1-2H3,(H,25,28,30). The lowest BCUT2D eigenvalue weighted by atomic mass is 10.1. The molecule has 0 saturated carbocycles. The molecule has 30 heavy (non-hydrogen) atoms. The number of nitrogens with one attached hydrogen (secondary N) is 1. The van der Waals surface area contributed by atoms with Crippen LogP contribution in [0.4, 0.5) is 10.5 Å². The summed E-state index contributed by atoms with van der Waals surface area (Å²) in [7, 11) is 0. The van der Waals surface area contributed by atoms with Gasteiger partial charge in [0.2, 0.25) is 0 Å². The van der Waals surface area contributed by atoms with Crippen LogP contribution in [0, 0.1) is 13.8 Å². The minimum atomic E-state index is -0.792. The van der Waals surface area contributed by atoms with Crippen molar-refractivity contribution in [2.24, 2.45) is 0 Å². The average molecular weight is 420 g/mol. The Kier molecular flexibility index (Phi) is 5.01. The van der Waals surface area contributed by atoms with Crippen LogP contribution in [-0.4, -0.2) is 22.4 Å². The minimum absolute atomic E-state index is 0.113. The molecular weight excluding hydrogens is 402 g/mol. The van der Waals surface area contributed by atoms with Gasteiger partial charge in [-0.1, -0.05) is 29.8 Å². The van der Waals surface area contributed by atoms with Gasteiger partial charge < -0.3 is 4.57 Å². The second kappa shape index (κ2) is 7.65. The molecule has 0 unspecified atom stereocenters. The lowest BCUT2D eigenvalue weighted by Crippen LogP contribution is -2.54. The molecule has 1 aliphatic rings. The number of anilines is 1. The van der Waals surface area contributed by atoms with E-state index < -0.39 is 17.8 Å². The number of aryl methyl sites for hydroxylation is 1. The highest BCUT2D eigenvalue weighted by Crippen LogP contribution is 2.26. The third kappa shape index (κ3) is 3.42. The molecule has 1 N–H and O–H groups in total. The number of hydrogen-bond acceptors (Lipinski definition) is 3. The molecule has 0 atom stereocenters. The second-order valence-corrected chi connectivity index (χ2v) is 7.37. The van der Waals surface area contributed by atoms with Gasteiger partial charge in [-0.25, -0.2) is 9.69 Å². The van der Waals surface area contributed by atoms with Gasteiger partial charge in [0.1, 0.15) is 5.57 Å². The van der Waals surface area contributed by atoms with Crippen LogP contribution in [0.15, 0.2) is 66.2 Å². The van der Waals surface area contributed by atoms with Crippen molar-refractivity contribution >= 4 is 41.2 Å². The van der Waals surface area contributed by atoms with E-state index in [2.05, 4.69) is 5.32 Å². The average Bonchev–Trinajstić information content (AvgIpc) is 3.00. The maximum atomic E-state index is 13.0. The molecule has 6 nitrogen and oxygen atoms in total. The maximum absolute atomic E-state index is 13.0. The zero-order valence-electron chi connectivity index (χ0n) is 16.3. The van der Waals surface area contributed by atoms with E-state index in [0.29, 0.717) is 10.7 Å². The lowest BCUT2D eigenvalue weighted by molar-refractivity contribution is -0.122. The number of amides is 4. The predicted octanol–water partition coefficient (Wildman–Crippen LogP) is 4.41. The molecule has 2 aromatic carbocycles. The van der Waals surface area contributed by atoms with Crippen LogP contribution in [-0.2, 0) is 9.59 Å². The molecule has 0 aliphatic carbocycles. The topological polar surface area (TPSA) is 71.4 Å². The minimum Gasteiger partial charge on any atom is -0.318 e. The Balaban J connectivity index is 1.76. The van der Waals surface area contributed by atoms with Crippen molar-refractivity contribution in [1.82, 2.24) is 9.88 Å². The Morgan fingerprint density at radius 1 is 0.900 bits per heavy atom. The van der Waals surface area contributed by atoms with E-state index in [4.69, 9.17) is 11.6 Å². The van der Waals surface area contributed by atoms with Crippen molar-refractivity contribution < 1.29 is 14.4 Å². The molecule has 4 amide bonds. The Morgan fingerprint density at radius 2 is 1.57 bits per heavy atom. The molecule has 1 fully saturated rings. The van der Waals surface area contributed by atoms with Crippen LogP contribution in [0.2, 0.25) is 5.02 Å². The summed E-state index contributed by atoms with van der Waals surface area (Å²) in [5.74, 6) is -1.41. The zero-order chi connectivity index (χ0) is 21.4. The van der Waals surface area contributed by atoms with Crippen molar-refractivity contribution in [2.75, 3.05) is 4.90 Å². The van der Waals surface area contributed by atoms with Gasteiger partial charge in [-0.05, 0) is 68.0 Å². The quantitative estimate of drug-likeness (QED) is 0.504. The van der Waals surface area contributed by atoms with Gasteiger partial charge >= 0.3 is 6.03 Å². The molecular formula is C23H18ClN3O3. The van der Waals surface area contributed by atoms with Crippen molar-refractivity contribution in [3.8, 4) is 5.69 Å². The summed E-state index contributed by atoms with van der Waals surface area (Å²) in [6.07, 6.45) is 1.52. The first-order chi connectivity index (χ1) is 14.4. The van der Waals surface area contributed by atoms with E-state index in [0.717, 1.165) is 27.5 Å². The number of benzene rings is 2. The molecule has 1 aromatic heterocycles. The maximum Gasteiger partial charge on any atom is 0.335 e. The summed E-state index contributed by atoms with van der Waals surface area (Å²) in [6.45, 7) is 3.87. The largest absolute Gasteiger partial charge is 0.335 e. The highest BCUT2D eigenvalue weighted by atomic mass is 35.5. The molecule has 0 bridgehead atoms. The van der Waals surface area contributed by atoms with Gasteiger partial charge in [-0.2, -0.15) is 0 Å². The molecule has 150 valence electrons. The zero-order valence-corrected chi connectivity index (χ0v) is 17.1. The predicted molar refractivity (Wildman–Crippen MR) is 116 cm³/mol. The summed E-state index contributed by atoms with van der Waals surface area (Å²) < 4.78 is 2.04. The first kappa shape index (κ1) is 19.7. The molecule has 1 aliphatic heterocycles. The number of carbonyl (C=O) groups excluding carboxylic acids is 3. The number of halogens is 1. The molecule has 0 spiro atoms. The summed E-state index contributed by atoms with van der Waals surface area (Å²) in [5.41, 5.74) is 3.75. The first-order valence-electron chi connectivity index (χ1n) is 9.28. The number of rotatable bonds is 3. The number of para-hydroxylation sites is 1. The van der Waals surface area contributed by atoms with E-state index in [1.165, 1.54) is 6.08 Å². The first-order valence-corrected chi connectivity index (χ1v) is 9.66. The van der Waals surface area contributed by atoms with Crippen LogP contribution in [0.1, 0.15) is 17.0 Å². The second-order valence-electron chi connectivity index (χ2n) is 6.93. The van der Waals surface area contributed by atoms with Crippen LogP contribution in [0.5, 0.6) is 0 Å². The highest BCUT2D eigenvalue weighted by Gasteiger charge is 2.37. The molecule has 1 saturated heterocycles. The number of carbonyl (C=O) groups is 3. The van der Waals surface area contributed by atoms with Crippen LogP contribution in [0.3, 0.4) is 0 Å². The summed E-state index contributed by atoms with van der Waals surface area (Å²) in [5, 5.41) is 2.71. The number of imide groups is 2. The molecule has 0 radical (unpaired) electrons. The normalized spacial score (nSPS) is 15.6. The Bertz CT molecular complexity index is 1190. The van der Waals surface area contributed by atoms with E-state index in [1.54, 1.807) is 24.3 Å². The molecule has 4 rings (SSSR count). The Labute approximate surface area is 178 Å². The van der Waals surface area contributed by atoms with E-state index in [-0.39, 0.29) is 5.57 Å². The Hall–Kier alpha value is -3.64. The molecule has 2 heterocycles. The third-order valence-electron chi connectivity index (χ3n) is 4.97. The van der Waals surface area contributed by atoms with Crippen molar-refractivity contribution in [3.05, 3.63) is 88.2 Å². The van der Waals surface area contributed by atoms with Crippen LogP contribution < -0.4 is 10.2 Å². The van der Waals surface area contributed by atoms with Gasteiger partial charge in [-0.3, -0.25) is 14.9 Å². The number of hydrogen-bond donors (Lipinski definition) is 1. The highest BCUT2D eigenvalue weighted by molar-refractivity contribution is 6.39. The van der Waals surface area contributed by atoms with E-state index in [9.17, 15) is 14.4 Å². The molecule has 3 aromatic rings.